The molecule has 0 radical (unpaired) electrons. The van der Waals surface area contributed by atoms with Gasteiger partial charge in [-0.1, -0.05) is 65.2 Å². The van der Waals surface area contributed by atoms with E-state index in [9.17, 15) is 4.79 Å². The molecule has 1 aromatic heterocycles. The molecular weight excluding hydrogens is 296 g/mol. The summed E-state index contributed by atoms with van der Waals surface area (Å²) in [4.78, 5) is 15.2. The van der Waals surface area contributed by atoms with Gasteiger partial charge in [0.15, 0.2) is 0 Å². The van der Waals surface area contributed by atoms with Gasteiger partial charge in [0.2, 0.25) is 0 Å². The molecule has 1 unspecified atom stereocenters. The van der Waals surface area contributed by atoms with Crippen LogP contribution in [0.3, 0.4) is 0 Å². The van der Waals surface area contributed by atoms with Crippen LogP contribution in [0.15, 0.2) is 18.3 Å². The van der Waals surface area contributed by atoms with Crippen molar-refractivity contribution in [3.8, 4) is 0 Å². The minimum absolute atomic E-state index is 0.257. The van der Waals surface area contributed by atoms with Gasteiger partial charge in [-0.2, -0.15) is 0 Å². The number of fused-ring (bicyclic) bond motifs is 1. The highest BCUT2D eigenvalue weighted by Gasteiger charge is 2.27. The lowest BCUT2D eigenvalue weighted by atomic mass is 9.99. The van der Waals surface area contributed by atoms with E-state index in [0.29, 0.717) is 6.04 Å². The van der Waals surface area contributed by atoms with E-state index in [4.69, 9.17) is 0 Å². The van der Waals surface area contributed by atoms with E-state index >= 15 is 0 Å². The number of carbonyl (C=O) groups is 1. The van der Waals surface area contributed by atoms with Gasteiger partial charge in [0, 0.05) is 25.3 Å². The number of carbonyl (C=O) groups excluding carboxylic acids is 1. The first-order chi connectivity index (χ1) is 11.8. The molecule has 0 bridgehead atoms. The van der Waals surface area contributed by atoms with Gasteiger partial charge >= 0.3 is 0 Å². The van der Waals surface area contributed by atoms with Crippen molar-refractivity contribution in [1.82, 2.24) is 9.47 Å². The van der Waals surface area contributed by atoms with E-state index in [-0.39, 0.29) is 5.91 Å². The number of nitrogens with zero attached hydrogens (tertiary/aromatic N) is 2. The molecule has 3 nitrogen and oxygen atoms in total. The third kappa shape index (κ3) is 5.39. The van der Waals surface area contributed by atoms with Gasteiger partial charge in [-0.25, -0.2) is 0 Å². The Morgan fingerprint density at radius 1 is 0.958 bits per heavy atom. The zero-order valence-electron chi connectivity index (χ0n) is 15.8. The highest BCUT2D eigenvalue weighted by Crippen LogP contribution is 2.23. The van der Waals surface area contributed by atoms with Gasteiger partial charge in [0.1, 0.15) is 5.69 Å². The smallest absolute Gasteiger partial charge is 0.270 e. The fourth-order valence-corrected chi connectivity index (χ4v) is 3.88. The van der Waals surface area contributed by atoms with Gasteiger partial charge in [0.05, 0.1) is 0 Å². The Bertz CT molecular complexity index is 480. The van der Waals surface area contributed by atoms with E-state index in [1.165, 1.54) is 64.2 Å². The normalized spacial score (nSPS) is 16.1. The van der Waals surface area contributed by atoms with Crippen LogP contribution in [0.25, 0.3) is 0 Å². The molecule has 24 heavy (non-hydrogen) atoms. The topological polar surface area (TPSA) is 25.2 Å². The largest absolute Gasteiger partial charge is 0.343 e. The van der Waals surface area contributed by atoms with Crippen LogP contribution in [-0.2, 0) is 6.54 Å². The number of aromatic nitrogens is 1. The molecule has 1 atom stereocenters. The van der Waals surface area contributed by atoms with E-state index in [1.54, 1.807) is 0 Å². The number of amides is 1. The summed E-state index contributed by atoms with van der Waals surface area (Å²) >= 11 is 0. The molecule has 2 rings (SSSR count). The van der Waals surface area contributed by atoms with Crippen molar-refractivity contribution in [2.24, 2.45) is 0 Å². The molecule has 1 aromatic rings. The van der Waals surface area contributed by atoms with Crippen molar-refractivity contribution in [2.45, 2.75) is 97.1 Å². The quantitative estimate of drug-likeness (QED) is 0.481. The second-order valence-electron chi connectivity index (χ2n) is 7.29. The Kier molecular flexibility index (Phi) is 8.41. The van der Waals surface area contributed by atoms with Crippen molar-refractivity contribution in [2.75, 3.05) is 6.54 Å². The van der Waals surface area contributed by atoms with Gasteiger partial charge in [-0.3, -0.25) is 4.79 Å². The molecule has 0 saturated carbocycles. The molecule has 3 heteroatoms. The fraction of sp³-hybridized carbons (Fsp3) is 0.762. The third-order valence-electron chi connectivity index (χ3n) is 5.33. The average Bonchev–Trinajstić information content (AvgIpc) is 3.00. The van der Waals surface area contributed by atoms with Crippen molar-refractivity contribution >= 4 is 5.91 Å². The Hall–Kier alpha value is -1.25. The zero-order chi connectivity index (χ0) is 17.2. The van der Waals surface area contributed by atoms with Gasteiger partial charge < -0.3 is 9.47 Å². The summed E-state index contributed by atoms with van der Waals surface area (Å²) in [6.07, 6.45) is 15.8. The van der Waals surface area contributed by atoms with E-state index in [2.05, 4.69) is 23.3 Å². The molecule has 1 aliphatic rings. The van der Waals surface area contributed by atoms with E-state index in [0.717, 1.165) is 25.2 Å². The van der Waals surface area contributed by atoms with Crippen LogP contribution in [0.1, 0.15) is 95.0 Å². The average molecular weight is 333 g/mol. The van der Waals surface area contributed by atoms with Crippen LogP contribution in [0.2, 0.25) is 0 Å². The minimum atomic E-state index is 0.257. The standard InChI is InChI=1S/C21H36N2O/c1-3-5-7-8-10-14-19(13-9-6-4-2)23-18-12-17-22-16-11-15-20(22)21(23)24/h11,15-16,19H,3-10,12-14,17-18H2,1-2H3. The van der Waals surface area contributed by atoms with Gasteiger partial charge in [-0.15, -0.1) is 0 Å². The second-order valence-corrected chi connectivity index (χ2v) is 7.29. The summed E-state index contributed by atoms with van der Waals surface area (Å²) < 4.78 is 2.13. The predicted octanol–water partition coefficient (Wildman–Crippen LogP) is 5.64. The van der Waals surface area contributed by atoms with Crippen LogP contribution in [0, 0.1) is 0 Å². The van der Waals surface area contributed by atoms with Crippen molar-refractivity contribution in [3.05, 3.63) is 24.0 Å². The molecule has 2 heterocycles. The Labute approximate surface area is 148 Å². The predicted molar refractivity (Wildman–Crippen MR) is 101 cm³/mol. The SMILES string of the molecule is CCCCCCCC(CCCCC)N1CCCn2cccc2C1=O. The van der Waals surface area contributed by atoms with Crippen molar-refractivity contribution in [1.29, 1.82) is 0 Å². The summed E-state index contributed by atoms with van der Waals surface area (Å²) in [5.74, 6) is 0.257. The first-order valence-electron chi connectivity index (χ1n) is 10.2. The van der Waals surface area contributed by atoms with Crippen LogP contribution in [0.4, 0.5) is 0 Å². The molecule has 0 N–H and O–H groups in total. The van der Waals surface area contributed by atoms with Crippen LogP contribution < -0.4 is 0 Å². The lowest BCUT2D eigenvalue weighted by Gasteiger charge is -2.31. The second kappa shape index (κ2) is 10.6. The summed E-state index contributed by atoms with van der Waals surface area (Å²) in [7, 11) is 0. The molecule has 0 fully saturated rings. The Morgan fingerprint density at radius 2 is 1.62 bits per heavy atom. The lowest BCUT2D eigenvalue weighted by Crippen LogP contribution is -2.40. The van der Waals surface area contributed by atoms with Crippen LogP contribution in [-0.4, -0.2) is 28.0 Å². The molecule has 0 saturated heterocycles. The highest BCUT2D eigenvalue weighted by atomic mass is 16.2. The maximum Gasteiger partial charge on any atom is 0.270 e. The number of unbranched alkanes of at least 4 members (excludes halogenated alkanes) is 6. The maximum atomic E-state index is 13.0. The van der Waals surface area contributed by atoms with Crippen LogP contribution >= 0.6 is 0 Å². The fourth-order valence-electron chi connectivity index (χ4n) is 3.88. The van der Waals surface area contributed by atoms with E-state index in [1.807, 2.05) is 18.3 Å². The summed E-state index contributed by atoms with van der Waals surface area (Å²) in [5, 5.41) is 0. The minimum Gasteiger partial charge on any atom is -0.343 e. The molecule has 1 aliphatic heterocycles. The lowest BCUT2D eigenvalue weighted by molar-refractivity contribution is 0.0656. The number of aryl methyl sites for hydroxylation is 1. The van der Waals surface area contributed by atoms with Gasteiger partial charge in [0.25, 0.3) is 5.91 Å². The van der Waals surface area contributed by atoms with Crippen LogP contribution in [0.5, 0.6) is 0 Å². The monoisotopic (exact) mass is 332 g/mol. The third-order valence-corrected chi connectivity index (χ3v) is 5.33. The number of rotatable bonds is 11. The first kappa shape index (κ1) is 19.1. The number of hydrogen-bond donors (Lipinski definition) is 0. The Morgan fingerprint density at radius 3 is 2.38 bits per heavy atom. The van der Waals surface area contributed by atoms with Crippen molar-refractivity contribution in [3.63, 3.8) is 0 Å². The summed E-state index contributed by atoms with van der Waals surface area (Å²) in [6, 6.07) is 4.44. The Balaban J connectivity index is 1.97. The highest BCUT2D eigenvalue weighted by molar-refractivity contribution is 5.93. The maximum absolute atomic E-state index is 13.0. The molecule has 0 aliphatic carbocycles. The molecule has 0 aromatic carbocycles. The molecule has 136 valence electrons. The van der Waals surface area contributed by atoms with Gasteiger partial charge in [-0.05, 0) is 31.4 Å². The first-order valence-corrected chi connectivity index (χ1v) is 10.2. The molecule has 0 spiro atoms. The zero-order valence-corrected chi connectivity index (χ0v) is 15.8. The summed E-state index contributed by atoms with van der Waals surface area (Å²) in [5.41, 5.74) is 0.888. The van der Waals surface area contributed by atoms with E-state index < -0.39 is 0 Å². The summed E-state index contributed by atoms with van der Waals surface area (Å²) in [6.45, 7) is 6.41. The molecule has 1 amide bonds. The van der Waals surface area contributed by atoms with Crippen molar-refractivity contribution < 1.29 is 4.79 Å². The molecular formula is C21H36N2O. The number of hydrogen-bond acceptors (Lipinski definition) is 1.